The fourth-order valence-electron chi connectivity index (χ4n) is 13.2. The summed E-state index contributed by atoms with van der Waals surface area (Å²) in [7, 11) is -2.93. The highest BCUT2D eigenvalue weighted by Gasteiger charge is 2.34. The number of hydrogen-bond acceptors (Lipinski definition) is 20. The Labute approximate surface area is 729 Å². The van der Waals surface area contributed by atoms with Crippen molar-refractivity contribution in [3.63, 3.8) is 0 Å². The molecule has 21 nitrogen and oxygen atoms in total. The van der Waals surface area contributed by atoms with E-state index in [0.29, 0.717) is 48.8 Å². The maximum atomic E-state index is 14.2. The van der Waals surface area contributed by atoms with E-state index in [4.69, 9.17) is 28.4 Å². The second-order valence-corrected chi connectivity index (χ2v) is 48.0. The number of benzene rings is 6. The van der Waals surface area contributed by atoms with Gasteiger partial charge in [0.15, 0.2) is 10.2 Å². The molecule has 121 heavy (non-hydrogen) atoms. The SMILES string of the molecule is C/C=C(\NC(=O)c1csc(CNC(=O)OC(C)(C)C)n1)C(=O)N[C@@H](Cc1cccc2ccccc12)C(=O)O[C@H](/C=C/CCSC(=O)CCCCCCC)CC(=O)OCC[Si](C)(C)C.CCCCCCCC(=O)SCC/C=C/[C@H](CC(=O)OCC[Si](C)(C)C)OC(=O)[C@H](Cc1cccc2ccccc12)NC(=O)OCC1c2ccccc2-c2ccccc21. The lowest BCUT2D eigenvalue weighted by molar-refractivity contribution is -0.156. The van der Waals surface area contributed by atoms with Crippen LogP contribution in [0.25, 0.3) is 32.7 Å². The van der Waals surface area contributed by atoms with E-state index >= 15 is 0 Å². The largest absolute Gasteiger partial charge is 0.466 e. The fourth-order valence-corrected chi connectivity index (χ4v) is 16.9. The van der Waals surface area contributed by atoms with Gasteiger partial charge >= 0.3 is 36.1 Å². The summed E-state index contributed by atoms with van der Waals surface area (Å²) in [5.74, 6) is -2.94. The van der Waals surface area contributed by atoms with E-state index in [2.05, 4.69) is 104 Å². The molecule has 0 unspecified atom stereocenters. The van der Waals surface area contributed by atoms with Gasteiger partial charge in [0.05, 0.1) is 32.6 Å². The molecule has 0 saturated heterocycles. The van der Waals surface area contributed by atoms with Crippen LogP contribution in [-0.2, 0) is 81.4 Å². The first-order chi connectivity index (χ1) is 57.9. The first-order valence-electron chi connectivity index (χ1n) is 42.5. The Balaban J connectivity index is 0.000000334. The molecule has 4 N–H and O–H groups in total. The Morgan fingerprint density at radius 1 is 0.545 bits per heavy atom. The lowest BCUT2D eigenvalue weighted by Gasteiger charge is -2.22. The molecule has 652 valence electrons. The predicted octanol–water partition coefficient (Wildman–Crippen LogP) is 20.5. The third kappa shape index (κ3) is 36.6. The van der Waals surface area contributed by atoms with E-state index in [0.717, 1.165) is 123 Å². The minimum atomic E-state index is -1.49. The minimum absolute atomic E-state index is 0.0244. The molecule has 0 radical (unpaired) electrons. The zero-order valence-electron chi connectivity index (χ0n) is 72.6. The molecule has 0 fully saturated rings. The third-order valence-electron chi connectivity index (χ3n) is 19.7. The van der Waals surface area contributed by atoms with Crippen molar-refractivity contribution in [3.8, 4) is 11.1 Å². The van der Waals surface area contributed by atoms with Gasteiger partial charge in [-0.1, -0.05) is 280 Å². The number of fused-ring (bicyclic) bond motifs is 5. The molecule has 1 aromatic heterocycles. The number of alkyl carbamates (subject to hydrolysis) is 2. The van der Waals surface area contributed by atoms with Crippen molar-refractivity contribution in [2.24, 2.45) is 0 Å². The number of hydrogen-bond donors (Lipinski definition) is 4. The van der Waals surface area contributed by atoms with Crippen molar-refractivity contribution in [3.05, 3.63) is 208 Å². The van der Waals surface area contributed by atoms with E-state index in [1.807, 2.05) is 115 Å². The first kappa shape index (κ1) is 98.6. The van der Waals surface area contributed by atoms with Crippen LogP contribution < -0.4 is 21.3 Å². The van der Waals surface area contributed by atoms with Gasteiger partial charge in [0, 0.05) is 64.6 Å². The van der Waals surface area contributed by atoms with Crippen molar-refractivity contribution in [1.29, 1.82) is 0 Å². The molecule has 4 amide bonds. The standard InChI is InChI=1S/C48H59NO7SSi.C47H66N4O9S2Si/c1-5-6-7-8-9-28-46(51)57-30-17-16-22-37(33-45(50)54-29-31-58(2,3)4)56-47(52)44(32-36-21-18-20-35-19-10-11-23-38(35)36)49-48(53)55-34-43-41-26-14-12-24-39(41)40-25-13-15-27-42(40)43;1-9-11-12-13-14-25-42(53)61-27-18-17-23-35(30-41(52)58-26-28-63(6,7)8)59-45(56)38(29-34-22-19-21-33-20-15-16-24-36(33)34)51-43(54)37(10-2)50-44(55)39-32-62-40(49-39)31-48-46(57)60-47(3,4)5/h10-16,18-27,37,43-44H,5-9,17,28-34H2,1-4H3,(H,49,53);10,15-17,19-24,32,35,38H,9,11-14,18,25-31H2,1-8H3,(H,48,57)(H,50,55)(H,51,54)/b22-16+;23-17+,37-10-/t37-,44+;35-,38+/m11/s1. The van der Waals surface area contributed by atoms with Crippen LogP contribution in [0.5, 0.6) is 0 Å². The molecular weight excluding hydrogens is 1620 g/mol. The maximum Gasteiger partial charge on any atom is 0.408 e. The van der Waals surface area contributed by atoms with Crippen LogP contribution in [0, 0.1) is 0 Å². The van der Waals surface area contributed by atoms with Gasteiger partial charge in [0.2, 0.25) is 0 Å². The van der Waals surface area contributed by atoms with E-state index < -0.39 is 93.9 Å². The van der Waals surface area contributed by atoms with Gasteiger partial charge in [0.25, 0.3) is 11.8 Å². The number of carbonyl (C=O) groups excluding carboxylic acids is 10. The number of thiazole rings is 1. The summed E-state index contributed by atoms with van der Waals surface area (Å²) >= 11 is 3.72. The molecule has 7 aromatic rings. The third-order valence-corrected chi connectivity index (χ3v) is 25.9. The van der Waals surface area contributed by atoms with Crippen LogP contribution in [0.1, 0.15) is 188 Å². The zero-order chi connectivity index (χ0) is 87.7. The van der Waals surface area contributed by atoms with Crippen LogP contribution in [-0.4, -0.2) is 140 Å². The Morgan fingerprint density at radius 3 is 1.47 bits per heavy atom. The Kier molecular flexibility index (Phi) is 41.9. The van der Waals surface area contributed by atoms with Crippen molar-refractivity contribution in [2.45, 2.75) is 251 Å². The monoisotopic (exact) mass is 1740 g/mol. The summed E-state index contributed by atoms with van der Waals surface area (Å²) in [6.07, 6.45) is 17.8. The molecule has 1 aliphatic rings. The maximum absolute atomic E-state index is 14.2. The second-order valence-electron chi connectivity index (χ2n) is 33.5. The normalized spacial score (nSPS) is 13.2. The smallest absolute Gasteiger partial charge is 0.408 e. The molecule has 26 heteroatoms. The number of ether oxygens (including phenoxy) is 6. The number of thioether (sulfide) groups is 2. The zero-order valence-corrected chi connectivity index (χ0v) is 77.1. The quantitative estimate of drug-likeness (QED) is 0.00688. The number of esters is 4. The number of unbranched alkanes of at least 4 members (excludes halogenated alkanes) is 8. The van der Waals surface area contributed by atoms with Crippen LogP contribution in [0.15, 0.2) is 175 Å². The average molecular weight is 1750 g/mol. The molecule has 6 aromatic carbocycles. The summed E-state index contributed by atoms with van der Waals surface area (Å²) in [4.78, 5) is 137. The van der Waals surface area contributed by atoms with Crippen LogP contribution >= 0.6 is 34.9 Å². The number of amides is 4. The molecule has 8 rings (SSSR count). The van der Waals surface area contributed by atoms with Gasteiger partial charge < -0.3 is 49.7 Å². The highest BCUT2D eigenvalue weighted by Crippen LogP contribution is 2.44. The number of aromatic nitrogens is 1. The van der Waals surface area contributed by atoms with E-state index in [1.54, 1.807) is 45.9 Å². The Bertz CT molecular complexity index is 4600. The van der Waals surface area contributed by atoms with Gasteiger partial charge in [-0.15, -0.1) is 11.3 Å². The van der Waals surface area contributed by atoms with Crippen LogP contribution in [0.4, 0.5) is 9.59 Å². The first-order valence-corrected chi connectivity index (χ1v) is 52.8. The summed E-state index contributed by atoms with van der Waals surface area (Å²) < 4.78 is 34.3. The van der Waals surface area contributed by atoms with E-state index in [1.165, 1.54) is 54.2 Å². The van der Waals surface area contributed by atoms with Gasteiger partial charge in [-0.25, -0.2) is 24.2 Å². The molecule has 0 spiro atoms. The van der Waals surface area contributed by atoms with E-state index in [-0.39, 0.29) is 73.0 Å². The minimum Gasteiger partial charge on any atom is -0.466 e. The highest BCUT2D eigenvalue weighted by molar-refractivity contribution is 8.13. The Morgan fingerprint density at radius 2 is 1.00 bits per heavy atom. The molecule has 0 saturated carbocycles. The summed E-state index contributed by atoms with van der Waals surface area (Å²) in [6, 6.07) is 42.5. The van der Waals surface area contributed by atoms with Crippen LogP contribution in [0.2, 0.25) is 51.4 Å². The van der Waals surface area contributed by atoms with Crippen molar-refractivity contribution in [2.75, 3.05) is 31.3 Å². The van der Waals surface area contributed by atoms with Gasteiger partial charge in [-0.3, -0.25) is 28.8 Å². The van der Waals surface area contributed by atoms with Crippen molar-refractivity contribution in [1.82, 2.24) is 26.3 Å². The highest BCUT2D eigenvalue weighted by atomic mass is 32.2. The van der Waals surface area contributed by atoms with Gasteiger partial charge in [0.1, 0.15) is 52.9 Å². The second kappa shape index (κ2) is 51.5. The number of allylic oxidation sites excluding steroid dienone is 3. The fraction of sp³-hybridized carbons (Fsp3) is 0.463. The molecule has 0 bridgehead atoms. The summed E-state index contributed by atoms with van der Waals surface area (Å²) in [5.41, 5.74) is 5.23. The number of nitrogens with zero attached hydrogens (tertiary/aromatic N) is 1. The predicted molar refractivity (Wildman–Crippen MR) is 492 cm³/mol. The number of carbonyl (C=O) groups is 10. The topological polar surface area (TPSA) is 287 Å². The van der Waals surface area contributed by atoms with Gasteiger partial charge in [-0.2, -0.15) is 0 Å². The lowest BCUT2D eigenvalue weighted by Crippen LogP contribution is -2.47. The van der Waals surface area contributed by atoms with Crippen molar-refractivity contribution >= 4 is 131 Å². The molecule has 0 aliphatic heterocycles. The van der Waals surface area contributed by atoms with Crippen LogP contribution in [0.3, 0.4) is 0 Å². The average Bonchev–Trinajstić information content (AvgIpc) is 1.61. The molecule has 1 heterocycles. The number of rotatable bonds is 47. The summed E-state index contributed by atoms with van der Waals surface area (Å²) in [6.45, 7) is 25.0. The lowest BCUT2D eigenvalue weighted by atomic mass is 9.98. The molecule has 1 aliphatic carbocycles. The summed E-state index contributed by atoms with van der Waals surface area (Å²) in [5, 5.41) is 16.8. The Hall–Kier alpha value is -9.48. The van der Waals surface area contributed by atoms with Gasteiger partial charge in [-0.05, 0) is 133 Å². The molecule has 4 atom stereocenters. The number of nitrogens with one attached hydrogen (secondary N) is 4. The van der Waals surface area contributed by atoms with Crippen molar-refractivity contribution < 1.29 is 76.4 Å². The molecular formula is C95H125N5O16S3Si2. The van der Waals surface area contributed by atoms with E-state index in [9.17, 15) is 47.9 Å².